The molecule has 0 aliphatic carbocycles. The maximum absolute atomic E-state index is 6.05. The number of rotatable bonds is 4. The van der Waals surface area contributed by atoms with E-state index < -0.39 is 0 Å². The zero-order valence-corrected chi connectivity index (χ0v) is 13.3. The second-order valence-electron chi connectivity index (χ2n) is 5.17. The molecule has 3 nitrogen and oxygen atoms in total. The Bertz CT molecular complexity index is 776. The lowest BCUT2D eigenvalue weighted by Gasteiger charge is -2.09. The highest BCUT2D eigenvalue weighted by molar-refractivity contribution is 6.34. The Morgan fingerprint density at radius 3 is 2.50 bits per heavy atom. The summed E-state index contributed by atoms with van der Waals surface area (Å²) in [7, 11) is 0. The molecule has 0 atom stereocenters. The Morgan fingerprint density at radius 1 is 1.00 bits per heavy atom. The summed E-state index contributed by atoms with van der Waals surface area (Å²) < 4.78 is 2.10. The van der Waals surface area contributed by atoms with Gasteiger partial charge < -0.3 is 10.3 Å². The summed E-state index contributed by atoms with van der Waals surface area (Å²) in [5, 5.41) is 1.27. The van der Waals surface area contributed by atoms with Crippen LogP contribution in [0.1, 0.15) is 17.0 Å². The quantitative estimate of drug-likeness (QED) is 0.719. The number of imidazole rings is 1. The van der Waals surface area contributed by atoms with Gasteiger partial charge in [0.25, 0.3) is 0 Å². The van der Waals surface area contributed by atoms with Gasteiger partial charge in [-0.2, -0.15) is 0 Å². The van der Waals surface area contributed by atoms with Crippen molar-refractivity contribution >= 4 is 28.9 Å². The smallest absolute Gasteiger partial charge is 0.113 e. The molecular weight excluding hydrogens is 317 g/mol. The minimum atomic E-state index is 0.636. The van der Waals surface area contributed by atoms with Crippen LogP contribution < -0.4 is 5.73 Å². The molecule has 0 spiro atoms. The number of aromatic nitrogens is 2. The van der Waals surface area contributed by atoms with Crippen molar-refractivity contribution in [3.63, 3.8) is 0 Å². The molecule has 1 heterocycles. The average molecular weight is 332 g/mol. The fourth-order valence-electron chi connectivity index (χ4n) is 2.43. The molecule has 1 aromatic heterocycles. The molecule has 0 saturated carbocycles. The third-order valence-electron chi connectivity index (χ3n) is 3.39. The maximum atomic E-state index is 6.05. The average Bonchev–Trinajstić information content (AvgIpc) is 2.85. The van der Waals surface area contributed by atoms with Crippen molar-refractivity contribution in [1.29, 1.82) is 0 Å². The fourth-order valence-corrected chi connectivity index (χ4v) is 3.01. The third-order valence-corrected chi connectivity index (χ3v) is 3.83. The van der Waals surface area contributed by atoms with Gasteiger partial charge in [0, 0.05) is 41.1 Å². The number of nitrogens with zero attached hydrogens (tertiary/aromatic N) is 2. The largest absolute Gasteiger partial charge is 0.399 e. The molecule has 0 aliphatic rings. The predicted molar refractivity (Wildman–Crippen MR) is 91.5 cm³/mol. The highest BCUT2D eigenvalue weighted by Crippen LogP contribution is 2.21. The monoisotopic (exact) mass is 331 g/mol. The fraction of sp³-hybridized carbons (Fsp3) is 0.118. The summed E-state index contributed by atoms with van der Waals surface area (Å²) in [6.45, 7) is 0.731. The van der Waals surface area contributed by atoms with E-state index in [0.717, 1.165) is 29.2 Å². The number of nitrogen functional groups attached to an aromatic ring is 1. The van der Waals surface area contributed by atoms with Gasteiger partial charge in [-0.05, 0) is 41.5 Å². The minimum absolute atomic E-state index is 0.636. The van der Waals surface area contributed by atoms with E-state index >= 15 is 0 Å². The second kappa shape index (κ2) is 6.42. The summed E-state index contributed by atoms with van der Waals surface area (Å²) in [5.41, 5.74) is 8.77. The van der Waals surface area contributed by atoms with Gasteiger partial charge in [-0.3, -0.25) is 0 Å². The Morgan fingerprint density at radius 2 is 1.77 bits per heavy atom. The van der Waals surface area contributed by atoms with Gasteiger partial charge in [0.1, 0.15) is 5.82 Å². The Balaban J connectivity index is 1.83. The van der Waals surface area contributed by atoms with Crippen molar-refractivity contribution in [2.45, 2.75) is 13.0 Å². The SMILES string of the molecule is Nc1cccc(Cn2ccnc2Cc2cc(Cl)cc(Cl)c2)c1. The summed E-state index contributed by atoms with van der Waals surface area (Å²) in [6, 6.07) is 13.4. The van der Waals surface area contributed by atoms with Crippen LogP contribution in [0.2, 0.25) is 10.0 Å². The molecule has 22 heavy (non-hydrogen) atoms. The van der Waals surface area contributed by atoms with Crippen LogP contribution in [0.15, 0.2) is 54.9 Å². The molecule has 0 aliphatic heterocycles. The van der Waals surface area contributed by atoms with Gasteiger partial charge in [-0.25, -0.2) is 4.98 Å². The third kappa shape index (κ3) is 3.62. The first-order chi connectivity index (χ1) is 10.6. The maximum Gasteiger partial charge on any atom is 0.113 e. The van der Waals surface area contributed by atoms with E-state index in [1.165, 1.54) is 0 Å². The summed E-state index contributed by atoms with van der Waals surface area (Å²) in [6.07, 6.45) is 4.44. The number of benzene rings is 2. The standard InChI is InChI=1S/C17H15Cl2N3/c18-14-6-13(7-15(19)10-14)9-17-21-4-5-22(17)11-12-2-1-3-16(20)8-12/h1-8,10H,9,11,20H2. The molecule has 0 unspecified atom stereocenters. The molecule has 0 fully saturated rings. The summed E-state index contributed by atoms with van der Waals surface area (Å²) in [5.74, 6) is 0.959. The van der Waals surface area contributed by atoms with Crippen molar-refractivity contribution < 1.29 is 0 Å². The van der Waals surface area contributed by atoms with E-state index in [9.17, 15) is 0 Å². The van der Waals surface area contributed by atoms with E-state index in [-0.39, 0.29) is 0 Å². The number of hydrogen-bond acceptors (Lipinski definition) is 2. The lowest BCUT2D eigenvalue weighted by atomic mass is 10.1. The second-order valence-corrected chi connectivity index (χ2v) is 6.04. The van der Waals surface area contributed by atoms with Crippen molar-refractivity contribution in [2.75, 3.05) is 5.73 Å². The van der Waals surface area contributed by atoms with Crippen molar-refractivity contribution in [3.8, 4) is 0 Å². The molecular formula is C17H15Cl2N3. The summed E-state index contributed by atoms with van der Waals surface area (Å²) in [4.78, 5) is 4.43. The lowest BCUT2D eigenvalue weighted by Crippen LogP contribution is -2.05. The van der Waals surface area contributed by atoms with E-state index in [0.29, 0.717) is 16.5 Å². The van der Waals surface area contributed by atoms with Crippen molar-refractivity contribution in [1.82, 2.24) is 9.55 Å². The predicted octanol–water partition coefficient (Wildman–Crippen LogP) is 4.41. The minimum Gasteiger partial charge on any atom is -0.399 e. The number of hydrogen-bond donors (Lipinski definition) is 1. The number of nitrogens with two attached hydrogens (primary N) is 1. The van der Waals surface area contributed by atoms with E-state index in [4.69, 9.17) is 28.9 Å². The number of halogens is 2. The molecule has 3 aromatic rings. The normalized spacial score (nSPS) is 10.8. The molecule has 0 radical (unpaired) electrons. The van der Waals surface area contributed by atoms with Crippen LogP contribution in [0.4, 0.5) is 5.69 Å². The topological polar surface area (TPSA) is 43.8 Å². The number of anilines is 1. The van der Waals surface area contributed by atoms with Gasteiger partial charge in [-0.15, -0.1) is 0 Å². The van der Waals surface area contributed by atoms with Crippen LogP contribution in [0.25, 0.3) is 0 Å². The van der Waals surface area contributed by atoms with Crippen LogP contribution in [0.5, 0.6) is 0 Å². The van der Waals surface area contributed by atoms with Crippen molar-refractivity contribution in [2.24, 2.45) is 0 Å². The van der Waals surface area contributed by atoms with Gasteiger partial charge in [0.2, 0.25) is 0 Å². The molecule has 112 valence electrons. The molecule has 2 N–H and O–H groups in total. The van der Waals surface area contributed by atoms with Gasteiger partial charge >= 0.3 is 0 Å². The van der Waals surface area contributed by atoms with Crippen LogP contribution in [-0.2, 0) is 13.0 Å². The molecule has 0 bridgehead atoms. The first-order valence-corrected chi connectivity index (χ1v) is 7.65. The van der Waals surface area contributed by atoms with Crippen LogP contribution >= 0.6 is 23.2 Å². The van der Waals surface area contributed by atoms with E-state index in [2.05, 4.69) is 15.6 Å². The van der Waals surface area contributed by atoms with Gasteiger partial charge in [0.15, 0.2) is 0 Å². The molecule has 0 amide bonds. The van der Waals surface area contributed by atoms with Crippen LogP contribution in [-0.4, -0.2) is 9.55 Å². The Kier molecular flexibility index (Phi) is 4.36. The van der Waals surface area contributed by atoms with Crippen molar-refractivity contribution in [3.05, 3.63) is 81.9 Å². The zero-order chi connectivity index (χ0) is 15.5. The van der Waals surface area contributed by atoms with Gasteiger partial charge in [0.05, 0.1) is 0 Å². The highest BCUT2D eigenvalue weighted by Gasteiger charge is 2.07. The Hall–Kier alpha value is -1.97. The first-order valence-electron chi connectivity index (χ1n) is 6.89. The highest BCUT2D eigenvalue weighted by atomic mass is 35.5. The first kappa shape index (κ1) is 14.9. The lowest BCUT2D eigenvalue weighted by molar-refractivity contribution is 0.741. The van der Waals surface area contributed by atoms with Crippen LogP contribution in [0, 0.1) is 0 Å². The molecule has 2 aromatic carbocycles. The zero-order valence-electron chi connectivity index (χ0n) is 11.8. The van der Waals surface area contributed by atoms with Gasteiger partial charge in [-0.1, -0.05) is 35.3 Å². The molecule has 5 heteroatoms. The molecule has 3 rings (SSSR count). The van der Waals surface area contributed by atoms with E-state index in [1.807, 2.05) is 36.5 Å². The van der Waals surface area contributed by atoms with Crippen LogP contribution in [0.3, 0.4) is 0 Å². The molecule has 0 saturated heterocycles. The Labute approximate surface area is 139 Å². The van der Waals surface area contributed by atoms with E-state index in [1.54, 1.807) is 12.3 Å². The summed E-state index contributed by atoms with van der Waals surface area (Å²) >= 11 is 12.1.